The first-order valence-electron chi connectivity index (χ1n) is 8.61. The summed E-state index contributed by atoms with van der Waals surface area (Å²) in [5, 5.41) is 22.6. The number of carbonyl (C=O) groups excluding carboxylic acids is 2. The van der Waals surface area contributed by atoms with Crippen molar-refractivity contribution in [1.82, 2.24) is 0 Å². The van der Waals surface area contributed by atoms with Crippen molar-refractivity contribution < 1.29 is 19.8 Å². The molecule has 0 bridgehead atoms. The molecule has 0 spiro atoms. The van der Waals surface area contributed by atoms with E-state index in [2.05, 4.69) is 0 Å². The number of hydrogen-bond donors (Lipinski definition) is 2. The van der Waals surface area contributed by atoms with Gasteiger partial charge in [-0.2, -0.15) is 0 Å². The zero-order chi connectivity index (χ0) is 16.6. The number of rotatable bonds is 0. The highest BCUT2D eigenvalue weighted by Gasteiger charge is 2.68. The predicted molar refractivity (Wildman–Crippen MR) is 84.5 cm³/mol. The zero-order valence-corrected chi connectivity index (χ0v) is 13.7. The first kappa shape index (κ1) is 15.3. The molecule has 0 radical (unpaired) electrons. The van der Waals surface area contributed by atoms with Gasteiger partial charge in [0.15, 0.2) is 5.78 Å². The molecule has 23 heavy (non-hydrogen) atoms. The second kappa shape index (κ2) is 4.42. The molecule has 0 heterocycles. The van der Waals surface area contributed by atoms with E-state index in [1.54, 1.807) is 12.2 Å². The van der Waals surface area contributed by atoms with E-state index in [1.807, 2.05) is 13.8 Å². The van der Waals surface area contributed by atoms with Crippen molar-refractivity contribution >= 4 is 11.6 Å². The highest BCUT2D eigenvalue weighted by atomic mass is 16.3. The Morgan fingerprint density at radius 2 is 1.83 bits per heavy atom. The fraction of sp³-hybridized carbons (Fsp3) is 0.684. The molecule has 4 aliphatic carbocycles. The quantitative estimate of drug-likeness (QED) is 0.716. The Kier molecular flexibility index (Phi) is 2.94. The predicted octanol–water partition coefficient (Wildman–Crippen LogP) is 1.95. The molecule has 3 saturated carbocycles. The molecule has 4 nitrogen and oxygen atoms in total. The first-order valence-corrected chi connectivity index (χ1v) is 8.61. The van der Waals surface area contributed by atoms with Gasteiger partial charge in [0.05, 0.1) is 6.10 Å². The highest BCUT2D eigenvalue weighted by Crippen LogP contribution is 2.65. The van der Waals surface area contributed by atoms with E-state index in [4.69, 9.17) is 0 Å². The number of carbonyl (C=O) groups is 2. The van der Waals surface area contributed by atoms with Gasteiger partial charge in [0, 0.05) is 17.3 Å². The molecule has 0 aromatic rings. The molecule has 124 valence electrons. The average Bonchev–Trinajstić information content (AvgIpc) is 2.77. The van der Waals surface area contributed by atoms with Crippen molar-refractivity contribution in [2.45, 2.75) is 57.7 Å². The molecule has 0 aliphatic heterocycles. The van der Waals surface area contributed by atoms with Crippen LogP contribution >= 0.6 is 0 Å². The van der Waals surface area contributed by atoms with Gasteiger partial charge in [0.1, 0.15) is 11.4 Å². The molecular formula is C19H24O4. The summed E-state index contributed by atoms with van der Waals surface area (Å²) in [4.78, 5) is 24.1. The van der Waals surface area contributed by atoms with Crippen LogP contribution in [-0.2, 0) is 9.59 Å². The van der Waals surface area contributed by atoms with Gasteiger partial charge >= 0.3 is 0 Å². The molecule has 0 aromatic carbocycles. The number of aliphatic hydroxyl groups is 2. The number of hydrogen-bond acceptors (Lipinski definition) is 4. The lowest BCUT2D eigenvalue weighted by Crippen LogP contribution is -2.69. The Morgan fingerprint density at radius 3 is 2.57 bits per heavy atom. The topological polar surface area (TPSA) is 74.6 Å². The van der Waals surface area contributed by atoms with Crippen LogP contribution in [0.15, 0.2) is 23.8 Å². The number of aliphatic hydroxyl groups excluding tert-OH is 1. The Morgan fingerprint density at radius 1 is 1.13 bits per heavy atom. The van der Waals surface area contributed by atoms with E-state index < -0.39 is 22.5 Å². The molecule has 0 amide bonds. The Hall–Kier alpha value is -1.26. The molecule has 3 fully saturated rings. The van der Waals surface area contributed by atoms with Crippen molar-refractivity contribution in [2.75, 3.05) is 0 Å². The van der Waals surface area contributed by atoms with Crippen LogP contribution in [0.5, 0.6) is 0 Å². The minimum Gasteiger partial charge on any atom is -0.390 e. The van der Waals surface area contributed by atoms with Gasteiger partial charge < -0.3 is 10.2 Å². The summed E-state index contributed by atoms with van der Waals surface area (Å²) in [6, 6.07) is 0. The monoisotopic (exact) mass is 316 g/mol. The number of fused-ring (bicyclic) bond motifs is 5. The maximum atomic E-state index is 12.4. The van der Waals surface area contributed by atoms with E-state index in [9.17, 15) is 19.8 Å². The van der Waals surface area contributed by atoms with E-state index in [-0.39, 0.29) is 23.4 Å². The van der Waals surface area contributed by atoms with Crippen LogP contribution in [0, 0.1) is 22.7 Å². The molecular weight excluding hydrogens is 292 g/mol. The van der Waals surface area contributed by atoms with Crippen LogP contribution in [0.4, 0.5) is 0 Å². The standard InChI is InChI=1S/C19H24O4/c1-17-10-16(22)19(23)14(13(17)5-6-15(17)21)4-3-11-9-12(20)7-8-18(11,19)2/h7-9,13-14,16,22-23H,3-6,10H2,1-2H3/t13-,14-,16?,17-,18-,19-/m0/s1. The van der Waals surface area contributed by atoms with Gasteiger partial charge in [-0.05, 0) is 56.6 Å². The Bertz CT molecular complexity index is 662. The SMILES string of the molecule is C[C@]12C=CC(=O)C=C1CC[C@H]1[C@@H]3CCC(=O)[C@@]3(C)CC(O)[C@@]12O. The van der Waals surface area contributed by atoms with Gasteiger partial charge in [-0.3, -0.25) is 9.59 Å². The lowest BCUT2D eigenvalue weighted by molar-refractivity contribution is -0.229. The smallest absolute Gasteiger partial charge is 0.178 e. The fourth-order valence-electron chi connectivity index (χ4n) is 6.03. The van der Waals surface area contributed by atoms with Crippen LogP contribution in [0.1, 0.15) is 46.0 Å². The van der Waals surface area contributed by atoms with Crippen molar-refractivity contribution in [3.05, 3.63) is 23.8 Å². The third-order valence-electron chi connectivity index (χ3n) is 7.44. The van der Waals surface area contributed by atoms with Crippen LogP contribution in [0.25, 0.3) is 0 Å². The summed E-state index contributed by atoms with van der Waals surface area (Å²) in [5.74, 6) is 0.186. The van der Waals surface area contributed by atoms with Crippen molar-refractivity contribution in [3.63, 3.8) is 0 Å². The largest absolute Gasteiger partial charge is 0.390 e. The number of ketones is 2. The summed E-state index contributed by atoms with van der Waals surface area (Å²) in [6.45, 7) is 3.89. The lowest BCUT2D eigenvalue weighted by atomic mass is 9.45. The molecule has 4 aliphatic rings. The molecule has 6 atom stereocenters. The van der Waals surface area contributed by atoms with Crippen LogP contribution in [0.2, 0.25) is 0 Å². The van der Waals surface area contributed by atoms with Crippen LogP contribution in [-0.4, -0.2) is 33.5 Å². The molecule has 4 rings (SSSR count). The molecule has 4 heteroatoms. The third kappa shape index (κ3) is 1.64. The fourth-order valence-corrected chi connectivity index (χ4v) is 6.03. The Labute approximate surface area is 136 Å². The lowest BCUT2D eigenvalue weighted by Gasteiger charge is -2.62. The zero-order valence-electron chi connectivity index (χ0n) is 13.7. The maximum Gasteiger partial charge on any atom is 0.178 e. The summed E-state index contributed by atoms with van der Waals surface area (Å²) in [5.41, 5.74) is -1.63. The summed E-state index contributed by atoms with van der Waals surface area (Å²) in [7, 11) is 0. The summed E-state index contributed by atoms with van der Waals surface area (Å²) < 4.78 is 0. The van der Waals surface area contributed by atoms with Gasteiger partial charge in [-0.15, -0.1) is 0 Å². The van der Waals surface area contributed by atoms with Gasteiger partial charge in [0.25, 0.3) is 0 Å². The van der Waals surface area contributed by atoms with E-state index in [0.717, 1.165) is 24.8 Å². The van der Waals surface area contributed by atoms with Gasteiger partial charge in [-0.1, -0.05) is 18.6 Å². The second-order valence-corrected chi connectivity index (χ2v) is 8.28. The van der Waals surface area contributed by atoms with E-state index in [1.165, 1.54) is 6.08 Å². The van der Waals surface area contributed by atoms with E-state index >= 15 is 0 Å². The number of Topliss-reactive ketones (excluding diaryl/α,β-unsaturated/α-hetero) is 1. The summed E-state index contributed by atoms with van der Waals surface area (Å²) >= 11 is 0. The third-order valence-corrected chi connectivity index (χ3v) is 7.44. The minimum atomic E-state index is -1.30. The minimum absolute atomic E-state index is 0.0503. The normalized spacial score (nSPS) is 51.8. The molecule has 1 unspecified atom stereocenters. The molecule has 0 saturated heterocycles. The Balaban J connectivity index is 1.84. The van der Waals surface area contributed by atoms with E-state index in [0.29, 0.717) is 12.8 Å². The van der Waals surface area contributed by atoms with Crippen molar-refractivity contribution in [1.29, 1.82) is 0 Å². The highest BCUT2D eigenvalue weighted by molar-refractivity contribution is 6.01. The molecule has 2 N–H and O–H groups in total. The van der Waals surface area contributed by atoms with Crippen molar-refractivity contribution in [2.24, 2.45) is 22.7 Å². The second-order valence-electron chi connectivity index (χ2n) is 8.28. The van der Waals surface area contributed by atoms with Gasteiger partial charge in [0.2, 0.25) is 0 Å². The van der Waals surface area contributed by atoms with Crippen molar-refractivity contribution in [3.8, 4) is 0 Å². The van der Waals surface area contributed by atoms with Gasteiger partial charge in [-0.25, -0.2) is 0 Å². The average molecular weight is 316 g/mol. The molecule has 0 aromatic heterocycles. The number of allylic oxidation sites excluding steroid dienone is 2. The van der Waals surface area contributed by atoms with Crippen LogP contribution < -0.4 is 0 Å². The summed E-state index contributed by atoms with van der Waals surface area (Å²) in [6.07, 6.45) is 7.08. The van der Waals surface area contributed by atoms with Crippen LogP contribution in [0.3, 0.4) is 0 Å². The first-order chi connectivity index (χ1) is 10.7. The maximum absolute atomic E-state index is 12.4.